The molecule has 168 valence electrons. The summed E-state index contributed by atoms with van der Waals surface area (Å²) in [6.07, 6.45) is 22.8. The van der Waals surface area contributed by atoms with Crippen molar-refractivity contribution in [1.29, 1.82) is 0 Å². The maximum Gasteiger partial charge on any atom is 0.0223 e. The molecule has 0 heterocycles. The highest BCUT2D eigenvalue weighted by molar-refractivity contribution is 5.24. The molecular weight excluding hydrogens is 350 g/mol. The summed E-state index contributed by atoms with van der Waals surface area (Å²) < 4.78 is 0. The lowest BCUT2D eigenvalue weighted by atomic mass is 9.72. The van der Waals surface area contributed by atoms with Gasteiger partial charge in [0.25, 0.3) is 0 Å². The van der Waals surface area contributed by atoms with Crippen LogP contribution >= 0.6 is 0 Å². The zero-order valence-electron chi connectivity index (χ0n) is 20.1. The van der Waals surface area contributed by atoms with Crippen LogP contribution in [0.1, 0.15) is 141 Å². The van der Waals surface area contributed by atoms with E-state index in [-0.39, 0.29) is 5.54 Å². The van der Waals surface area contributed by atoms with Gasteiger partial charge in [-0.15, -0.1) is 0 Å². The predicted molar refractivity (Wildman–Crippen MR) is 132 cm³/mol. The van der Waals surface area contributed by atoms with Crippen molar-refractivity contribution in [2.24, 2.45) is 5.73 Å². The predicted octanol–water partition coefficient (Wildman–Crippen LogP) is 9.16. The summed E-state index contributed by atoms with van der Waals surface area (Å²) in [5, 5.41) is 0. The van der Waals surface area contributed by atoms with Crippen molar-refractivity contribution in [3.05, 3.63) is 35.9 Å². The van der Waals surface area contributed by atoms with Crippen LogP contribution in [0.2, 0.25) is 0 Å². The van der Waals surface area contributed by atoms with Gasteiger partial charge >= 0.3 is 0 Å². The maximum absolute atomic E-state index is 7.03. The SMILES string of the molecule is CCCCCCCCCCCCCCC(c1ccccc1)C(N)(CCC)CCC. The molecule has 0 saturated heterocycles. The largest absolute Gasteiger partial charge is 0.325 e. The van der Waals surface area contributed by atoms with Crippen LogP contribution in [0.5, 0.6) is 0 Å². The van der Waals surface area contributed by atoms with E-state index >= 15 is 0 Å². The topological polar surface area (TPSA) is 26.0 Å². The first-order chi connectivity index (χ1) is 14.2. The maximum atomic E-state index is 7.03. The summed E-state index contributed by atoms with van der Waals surface area (Å²) in [4.78, 5) is 0. The van der Waals surface area contributed by atoms with Crippen molar-refractivity contribution >= 4 is 0 Å². The van der Waals surface area contributed by atoms with Gasteiger partial charge in [-0.3, -0.25) is 0 Å². The van der Waals surface area contributed by atoms with Crippen LogP contribution in [0.25, 0.3) is 0 Å². The lowest BCUT2D eigenvalue weighted by Gasteiger charge is -2.38. The second kappa shape index (κ2) is 16.9. The number of nitrogens with two attached hydrogens (primary N) is 1. The van der Waals surface area contributed by atoms with E-state index in [2.05, 4.69) is 51.1 Å². The fourth-order valence-electron chi connectivity index (χ4n) is 5.07. The minimum atomic E-state index is -0.0391. The summed E-state index contributed by atoms with van der Waals surface area (Å²) in [6, 6.07) is 11.1. The van der Waals surface area contributed by atoms with E-state index in [9.17, 15) is 0 Å². The van der Waals surface area contributed by atoms with E-state index in [1.54, 1.807) is 0 Å². The van der Waals surface area contributed by atoms with Gasteiger partial charge in [0, 0.05) is 11.5 Å². The summed E-state index contributed by atoms with van der Waals surface area (Å²) >= 11 is 0. The molecule has 1 aromatic rings. The van der Waals surface area contributed by atoms with E-state index in [1.165, 1.54) is 102 Å². The van der Waals surface area contributed by atoms with Gasteiger partial charge in [0.1, 0.15) is 0 Å². The molecule has 1 rings (SSSR count). The van der Waals surface area contributed by atoms with Crippen LogP contribution in [-0.2, 0) is 0 Å². The quantitative estimate of drug-likeness (QED) is 0.230. The van der Waals surface area contributed by atoms with Crippen LogP contribution in [0.15, 0.2) is 30.3 Å². The van der Waals surface area contributed by atoms with Crippen LogP contribution in [0.3, 0.4) is 0 Å². The molecule has 1 nitrogen and oxygen atoms in total. The third-order valence-corrected chi connectivity index (χ3v) is 6.67. The molecule has 0 fully saturated rings. The molecule has 0 bridgehead atoms. The summed E-state index contributed by atoms with van der Waals surface area (Å²) in [7, 11) is 0. The Hall–Kier alpha value is -0.820. The first-order valence-corrected chi connectivity index (χ1v) is 13.0. The van der Waals surface area contributed by atoms with Crippen LogP contribution in [0.4, 0.5) is 0 Å². The number of hydrogen-bond acceptors (Lipinski definition) is 1. The van der Waals surface area contributed by atoms with E-state index in [0.29, 0.717) is 5.92 Å². The second-order valence-corrected chi connectivity index (χ2v) is 9.37. The molecule has 1 aromatic carbocycles. The van der Waals surface area contributed by atoms with Crippen LogP contribution in [-0.4, -0.2) is 5.54 Å². The molecule has 1 unspecified atom stereocenters. The molecule has 0 aliphatic rings. The fraction of sp³-hybridized carbons (Fsp3) is 0.786. The van der Waals surface area contributed by atoms with Crippen molar-refractivity contribution in [1.82, 2.24) is 0 Å². The number of unbranched alkanes of at least 4 members (excludes halogenated alkanes) is 11. The Balaban J connectivity index is 2.33. The number of benzene rings is 1. The van der Waals surface area contributed by atoms with E-state index in [1.807, 2.05) is 0 Å². The Bertz CT molecular complexity index is 460. The molecular formula is C28H51N. The first-order valence-electron chi connectivity index (χ1n) is 13.0. The Morgan fingerprint density at radius 1 is 0.621 bits per heavy atom. The summed E-state index contributed by atoms with van der Waals surface area (Å²) in [5.41, 5.74) is 8.45. The molecule has 1 atom stereocenters. The zero-order valence-corrected chi connectivity index (χ0v) is 20.1. The lowest BCUT2D eigenvalue weighted by molar-refractivity contribution is 0.275. The molecule has 0 radical (unpaired) electrons. The average molecular weight is 402 g/mol. The Kier molecular flexibility index (Phi) is 15.3. The highest BCUT2D eigenvalue weighted by Gasteiger charge is 2.33. The Morgan fingerprint density at radius 3 is 1.52 bits per heavy atom. The van der Waals surface area contributed by atoms with Gasteiger partial charge in [0.15, 0.2) is 0 Å². The van der Waals surface area contributed by atoms with Gasteiger partial charge in [-0.25, -0.2) is 0 Å². The monoisotopic (exact) mass is 401 g/mol. The molecule has 29 heavy (non-hydrogen) atoms. The average Bonchev–Trinajstić information content (AvgIpc) is 2.72. The van der Waals surface area contributed by atoms with Crippen LogP contribution in [0, 0.1) is 0 Å². The van der Waals surface area contributed by atoms with E-state index in [0.717, 1.165) is 12.8 Å². The first kappa shape index (κ1) is 26.2. The van der Waals surface area contributed by atoms with Gasteiger partial charge in [0.2, 0.25) is 0 Å². The van der Waals surface area contributed by atoms with Crippen LogP contribution < -0.4 is 5.73 Å². The molecule has 0 aliphatic heterocycles. The van der Waals surface area contributed by atoms with Gasteiger partial charge in [-0.05, 0) is 24.8 Å². The summed E-state index contributed by atoms with van der Waals surface area (Å²) in [6.45, 7) is 6.86. The molecule has 2 N–H and O–H groups in total. The molecule has 1 heteroatoms. The van der Waals surface area contributed by atoms with Gasteiger partial charge in [0.05, 0.1) is 0 Å². The minimum absolute atomic E-state index is 0.0391. The van der Waals surface area contributed by atoms with Crippen molar-refractivity contribution in [2.75, 3.05) is 0 Å². The zero-order chi connectivity index (χ0) is 21.2. The highest BCUT2D eigenvalue weighted by Crippen LogP contribution is 2.37. The second-order valence-electron chi connectivity index (χ2n) is 9.37. The fourth-order valence-corrected chi connectivity index (χ4v) is 5.07. The van der Waals surface area contributed by atoms with E-state index in [4.69, 9.17) is 5.73 Å². The van der Waals surface area contributed by atoms with Crippen molar-refractivity contribution in [2.45, 2.75) is 141 Å². The lowest BCUT2D eigenvalue weighted by Crippen LogP contribution is -2.45. The summed E-state index contributed by atoms with van der Waals surface area (Å²) in [5.74, 6) is 0.506. The standard InChI is InChI=1S/C28H51N/c1-4-7-8-9-10-11-12-13-14-15-16-20-23-27(26-21-18-17-19-22-26)28(29,24-5-2)25-6-3/h17-19,21-22,27H,4-16,20,23-25,29H2,1-3H3. The van der Waals surface area contributed by atoms with Crippen molar-refractivity contribution < 1.29 is 0 Å². The van der Waals surface area contributed by atoms with Crippen molar-refractivity contribution in [3.8, 4) is 0 Å². The third-order valence-electron chi connectivity index (χ3n) is 6.67. The Labute approximate surface area is 183 Å². The molecule has 0 aromatic heterocycles. The number of rotatable bonds is 19. The van der Waals surface area contributed by atoms with Gasteiger partial charge in [-0.1, -0.05) is 141 Å². The van der Waals surface area contributed by atoms with Gasteiger partial charge < -0.3 is 5.73 Å². The van der Waals surface area contributed by atoms with E-state index < -0.39 is 0 Å². The molecule has 0 amide bonds. The van der Waals surface area contributed by atoms with Gasteiger partial charge in [-0.2, -0.15) is 0 Å². The highest BCUT2D eigenvalue weighted by atomic mass is 14.8. The minimum Gasteiger partial charge on any atom is -0.325 e. The smallest absolute Gasteiger partial charge is 0.0223 e. The van der Waals surface area contributed by atoms with Crippen molar-refractivity contribution in [3.63, 3.8) is 0 Å². The number of hydrogen-bond donors (Lipinski definition) is 1. The Morgan fingerprint density at radius 2 is 1.07 bits per heavy atom. The normalized spacial score (nSPS) is 13.0. The molecule has 0 spiro atoms. The molecule has 0 saturated carbocycles. The third kappa shape index (κ3) is 11.2. The molecule has 0 aliphatic carbocycles.